The van der Waals surface area contributed by atoms with Crippen LogP contribution < -0.4 is 4.72 Å². The van der Waals surface area contributed by atoms with Gasteiger partial charge in [-0.2, -0.15) is 12.7 Å². The van der Waals surface area contributed by atoms with E-state index in [1.54, 1.807) is 0 Å². The van der Waals surface area contributed by atoms with E-state index in [0.717, 1.165) is 11.1 Å². The molecule has 128 valence electrons. The van der Waals surface area contributed by atoms with Crippen molar-refractivity contribution in [3.63, 3.8) is 0 Å². The molecule has 1 aromatic rings. The van der Waals surface area contributed by atoms with Gasteiger partial charge in [-0.15, -0.1) is 0 Å². The van der Waals surface area contributed by atoms with Gasteiger partial charge in [-0.1, -0.05) is 29.8 Å². The van der Waals surface area contributed by atoms with Gasteiger partial charge in [0.2, 0.25) is 0 Å². The third kappa shape index (κ3) is 5.28. The molecule has 1 saturated heterocycles. The zero-order chi connectivity index (χ0) is 16.9. The van der Waals surface area contributed by atoms with Gasteiger partial charge >= 0.3 is 5.97 Å². The normalized spacial score (nSPS) is 17.8. The SMILES string of the molecule is Cc1cccc(CC(CNS(=O)(=O)N2CCOCC2)C(=O)O)c1. The lowest BCUT2D eigenvalue weighted by molar-refractivity contribution is -0.141. The molecule has 0 aromatic heterocycles. The van der Waals surface area contributed by atoms with Crippen LogP contribution in [0.5, 0.6) is 0 Å². The second kappa shape index (κ2) is 7.87. The Morgan fingerprint density at radius 3 is 2.70 bits per heavy atom. The number of carbonyl (C=O) groups is 1. The first kappa shape index (κ1) is 17.9. The van der Waals surface area contributed by atoms with Gasteiger partial charge in [0, 0.05) is 19.6 Å². The predicted molar refractivity (Wildman–Crippen MR) is 85.3 cm³/mol. The summed E-state index contributed by atoms with van der Waals surface area (Å²) in [6.07, 6.45) is 0.280. The number of aryl methyl sites for hydroxylation is 1. The van der Waals surface area contributed by atoms with Crippen LogP contribution in [0, 0.1) is 12.8 Å². The molecule has 1 aromatic carbocycles. The topological polar surface area (TPSA) is 95.9 Å². The summed E-state index contributed by atoms with van der Waals surface area (Å²) in [5.41, 5.74) is 1.92. The molecule has 0 bridgehead atoms. The number of benzene rings is 1. The second-order valence-electron chi connectivity index (χ2n) is 5.59. The Kier molecular flexibility index (Phi) is 6.11. The number of aliphatic carboxylic acids is 1. The molecule has 2 rings (SSSR count). The number of morpholine rings is 1. The molecule has 0 radical (unpaired) electrons. The van der Waals surface area contributed by atoms with Crippen molar-refractivity contribution >= 4 is 16.2 Å². The molecule has 1 aliphatic rings. The van der Waals surface area contributed by atoms with E-state index in [9.17, 15) is 18.3 Å². The molecule has 7 nitrogen and oxygen atoms in total. The largest absolute Gasteiger partial charge is 0.481 e. The molecule has 0 saturated carbocycles. The van der Waals surface area contributed by atoms with Gasteiger partial charge in [-0.25, -0.2) is 4.72 Å². The van der Waals surface area contributed by atoms with Gasteiger partial charge in [0.25, 0.3) is 10.2 Å². The molecule has 0 aliphatic carbocycles. The Labute approximate surface area is 136 Å². The summed E-state index contributed by atoms with van der Waals surface area (Å²) < 4.78 is 33.2. The van der Waals surface area contributed by atoms with Crippen molar-refractivity contribution < 1.29 is 23.1 Å². The molecular weight excluding hydrogens is 320 g/mol. The number of ether oxygens (including phenoxy) is 1. The number of carboxylic acids is 1. The third-order valence-electron chi connectivity index (χ3n) is 3.74. The van der Waals surface area contributed by atoms with Crippen molar-refractivity contribution in [2.24, 2.45) is 5.92 Å². The van der Waals surface area contributed by atoms with Crippen LogP contribution in [0.3, 0.4) is 0 Å². The summed E-state index contributed by atoms with van der Waals surface area (Å²) in [5.74, 6) is -1.83. The van der Waals surface area contributed by atoms with Crippen molar-refractivity contribution in [3.05, 3.63) is 35.4 Å². The smallest absolute Gasteiger partial charge is 0.308 e. The number of nitrogens with zero attached hydrogens (tertiary/aromatic N) is 1. The quantitative estimate of drug-likeness (QED) is 0.748. The monoisotopic (exact) mass is 342 g/mol. The number of carboxylic acid groups (broad SMARTS) is 1. The van der Waals surface area contributed by atoms with Gasteiger partial charge in [-0.05, 0) is 18.9 Å². The maximum Gasteiger partial charge on any atom is 0.308 e. The molecule has 0 amide bonds. The highest BCUT2D eigenvalue weighted by atomic mass is 32.2. The van der Waals surface area contributed by atoms with Gasteiger partial charge in [-0.3, -0.25) is 4.79 Å². The van der Waals surface area contributed by atoms with Gasteiger partial charge in [0.1, 0.15) is 0 Å². The van der Waals surface area contributed by atoms with Crippen LogP contribution in [-0.4, -0.2) is 56.6 Å². The second-order valence-corrected chi connectivity index (χ2v) is 7.35. The van der Waals surface area contributed by atoms with Crippen molar-refractivity contribution in [2.45, 2.75) is 13.3 Å². The minimum Gasteiger partial charge on any atom is -0.481 e. The van der Waals surface area contributed by atoms with Crippen molar-refractivity contribution in [3.8, 4) is 0 Å². The maximum absolute atomic E-state index is 12.2. The Bertz CT molecular complexity index is 641. The predicted octanol–water partition coefficient (Wildman–Crippen LogP) is 0.405. The maximum atomic E-state index is 12.2. The molecule has 1 heterocycles. The summed E-state index contributed by atoms with van der Waals surface area (Å²) in [6, 6.07) is 7.55. The molecule has 1 fully saturated rings. The van der Waals surface area contributed by atoms with Crippen LogP contribution in [-0.2, 0) is 26.2 Å². The lowest BCUT2D eigenvalue weighted by Crippen LogP contribution is -2.48. The van der Waals surface area contributed by atoms with E-state index >= 15 is 0 Å². The molecular formula is C15H22N2O5S. The van der Waals surface area contributed by atoms with E-state index in [1.807, 2.05) is 31.2 Å². The van der Waals surface area contributed by atoms with E-state index in [4.69, 9.17) is 4.74 Å². The highest BCUT2D eigenvalue weighted by molar-refractivity contribution is 7.87. The van der Waals surface area contributed by atoms with E-state index in [0.29, 0.717) is 13.2 Å². The molecule has 2 N–H and O–H groups in total. The molecule has 0 spiro atoms. The van der Waals surface area contributed by atoms with Crippen LogP contribution >= 0.6 is 0 Å². The summed E-state index contributed by atoms with van der Waals surface area (Å²) in [6.45, 7) is 3.07. The molecule has 8 heteroatoms. The Morgan fingerprint density at radius 1 is 1.39 bits per heavy atom. The average Bonchev–Trinajstić information content (AvgIpc) is 2.52. The fourth-order valence-electron chi connectivity index (χ4n) is 2.45. The highest BCUT2D eigenvalue weighted by Crippen LogP contribution is 2.12. The summed E-state index contributed by atoms with van der Waals surface area (Å²) in [5, 5.41) is 9.34. The van der Waals surface area contributed by atoms with Crippen LogP contribution in [0.25, 0.3) is 0 Å². The van der Waals surface area contributed by atoms with E-state index in [1.165, 1.54) is 4.31 Å². The van der Waals surface area contributed by atoms with Gasteiger partial charge < -0.3 is 9.84 Å². The lowest BCUT2D eigenvalue weighted by Gasteiger charge is -2.26. The van der Waals surface area contributed by atoms with E-state index < -0.39 is 22.1 Å². The molecule has 1 unspecified atom stereocenters. The lowest BCUT2D eigenvalue weighted by atomic mass is 9.98. The van der Waals surface area contributed by atoms with Gasteiger partial charge in [0.15, 0.2) is 0 Å². The van der Waals surface area contributed by atoms with Crippen LogP contribution in [0.4, 0.5) is 0 Å². The minimum atomic E-state index is -3.67. The summed E-state index contributed by atoms with van der Waals surface area (Å²) in [7, 11) is -3.67. The van der Waals surface area contributed by atoms with Crippen LogP contribution in [0.2, 0.25) is 0 Å². The standard InChI is InChI=1S/C15H22N2O5S/c1-12-3-2-4-13(9-12)10-14(15(18)19)11-16-23(20,21)17-5-7-22-8-6-17/h2-4,9,14,16H,5-8,10-11H2,1H3,(H,18,19). The van der Waals surface area contributed by atoms with Crippen LogP contribution in [0.15, 0.2) is 24.3 Å². The van der Waals surface area contributed by atoms with Crippen molar-refractivity contribution in [1.29, 1.82) is 0 Å². The number of hydrogen-bond acceptors (Lipinski definition) is 4. The third-order valence-corrected chi connectivity index (χ3v) is 5.31. The van der Waals surface area contributed by atoms with Crippen molar-refractivity contribution in [2.75, 3.05) is 32.8 Å². The molecule has 23 heavy (non-hydrogen) atoms. The Balaban J connectivity index is 1.98. The summed E-state index contributed by atoms with van der Waals surface area (Å²) >= 11 is 0. The Morgan fingerprint density at radius 2 is 2.09 bits per heavy atom. The van der Waals surface area contributed by atoms with Gasteiger partial charge in [0.05, 0.1) is 19.1 Å². The first-order valence-corrected chi connectivity index (χ1v) is 8.93. The first-order valence-electron chi connectivity index (χ1n) is 7.49. The minimum absolute atomic E-state index is 0.136. The number of hydrogen-bond donors (Lipinski definition) is 2. The average molecular weight is 342 g/mol. The summed E-state index contributed by atoms with van der Waals surface area (Å²) in [4.78, 5) is 11.4. The number of rotatable bonds is 7. The zero-order valence-corrected chi connectivity index (χ0v) is 13.9. The fourth-order valence-corrected chi connectivity index (χ4v) is 3.68. The van der Waals surface area contributed by atoms with E-state index in [2.05, 4.69) is 4.72 Å². The highest BCUT2D eigenvalue weighted by Gasteiger charge is 2.27. The Hall–Kier alpha value is -1.48. The van der Waals surface area contributed by atoms with E-state index in [-0.39, 0.29) is 26.1 Å². The number of nitrogens with one attached hydrogen (secondary N) is 1. The van der Waals surface area contributed by atoms with Crippen molar-refractivity contribution in [1.82, 2.24) is 9.03 Å². The van der Waals surface area contributed by atoms with Crippen LogP contribution in [0.1, 0.15) is 11.1 Å². The zero-order valence-electron chi connectivity index (χ0n) is 13.1. The molecule has 1 aliphatic heterocycles. The molecule has 1 atom stereocenters. The first-order chi connectivity index (χ1) is 10.9. The fraction of sp³-hybridized carbons (Fsp3) is 0.533.